The molecule has 134 valence electrons. The first kappa shape index (κ1) is 20.2. The minimum absolute atomic E-state index is 0.198. The van der Waals surface area contributed by atoms with Gasteiger partial charge >= 0.3 is 0 Å². The molecule has 1 unspecified atom stereocenters. The van der Waals surface area contributed by atoms with Crippen molar-refractivity contribution in [2.75, 3.05) is 13.2 Å². The first-order valence-electron chi connectivity index (χ1n) is 9.02. The molecule has 1 aromatic rings. The Hall–Kier alpha value is -1.80. The highest BCUT2D eigenvalue weighted by Gasteiger charge is 2.13. The third kappa shape index (κ3) is 5.68. The highest BCUT2D eigenvalue weighted by molar-refractivity contribution is 5.44. The Balaban J connectivity index is 2.54. The summed E-state index contributed by atoms with van der Waals surface area (Å²) in [5.74, 6) is 0.367. The molecular formula is C19H30N2O3. The van der Waals surface area contributed by atoms with E-state index in [0.29, 0.717) is 37.5 Å². The lowest BCUT2D eigenvalue weighted by Gasteiger charge is -2.15. The number of nitriles is 1. The van der Waals surface area contributed by atoms with Crippen molar-refractivity contribution in [3.63, 3.8) is 0 Å². The monoisotopic (exact) mass is 334 g/mol. The van der Waals surface area contributed by atoms with E-state index < -0.39 is 0 Å². The molecule has 0 amide bonds. The Kier molecular flexibility index (Phi) is 9.18. The molecule has 1 rings (SSSR count). The van der Waals surface area contributed by atoms with Crippen LogP contribution >= 0.6 is 0 Å². The maximum Gasteiger partial charge on any atom is 0.253 e. The van der Waals surface area contributed by atoms with Gasteiger partial charge in [0.1, 0.15) is 11.6 Å². The highest BCUT2D eigenvalue weighted by atomic mass is 16.5. The van der Waals surface area contributed by atoms with E-state index in [1.807, 2.05) is 13.0 Å². The molecule has 0 aliphatic heterocycles. The molecule has 5 nitrogen and oxygen atoms in total. The lowest BCUT2D eigenvalue weighted by atomic mass is 10.0. The van der Waals surface area contributed by atoms with Gasteiger partial charge in [-0.05, 0) is 30.7 Å². The van der Waals surface area contributed by atoms with Crippen LogP contribution in [0.2, 0.25) is 0 Å². The van der Waals surface area contributed by atoms with E-state index in [0.717, 1.165) is 13.0 Å². The van der Waals surface area contributed by atoms with Crippen LogP contribution in [0.4, 0.5) is 0 Å². The van der Waals surface area contributed by atoms with E-state index in [9.17, 15) is 9.90 Å². The molecule has 1 aromatic heterocycles. The van der Waals surface area contributed by atoms with Crippen LogP contribution in [0, 0.1) is 17.2 Å². The van der Waals surface area contributed by atoms with Gasteiger partial charge in [-0.2, -0.15) is 5.26 Å². The number of ether oxygens (including phenoxy) is 1. The SMILES string of the molecule is CCCCC(CC)COCCCn1c(O)c(C#N)c(CC)cc1=O. The average Bonchev–Trinajstić information content (AvgIpc) is 2.59. The largest absolute Gasteiger partial charge is 0.493 e. The fraction of sp³-hybridized carbons (Fsp3) is 0.684. The number of hydrogen-bond donors (Lipinski definition) is 1. The zero-order valence-corrected chi connectivity index (χ0v) is 15.2. The normalized spacial score (nSPS) is 12.1. The fourth-order valence-corrected chi connectivity index (χ4v) is 2.77. The zero-order chi connectivity index (χ0) is 17.9. The molecule has 0 fully saturated rings. The summed E-state index contributed by atoms with van der Waals surface area (Å²) >= 11 is 0. The van der Waals surface area contributed by atoms with Gasteiger partial charge in [0, 0.05) is 25.8 Å². The number of hydrogen-bond acceptors (Lipinski definition) is 4. The Morgan fingerprint density at radius 2 is 2.08 bits per heavy atom. The molecule has 0 aromatic carbocycles. The summed E-state index contributed by atoms with van der Waals surface area (Å²) in [6.07, 6.45) is 5.92. The summed E-state index contributed by atoms with van der Waals surface area (Å²) in [6.45, 7) is 7.88. The van der Waals surface area contributed by atoms with Crippen LogP contribution in [0.25, 0.3) is 0 Å². The fourth-order valence-electron chi connectivity index (χ4n) is 2.77. The van der Waals surface area contributed by atoms with Crippen molar-refractivity contribution in [3.8, 4) is 11.9 Å². The van der Waals surface area contributed by atoms with Crippen molar-refractivity contribution in [1.82, 2.24) is 4.57 Å². The first-order valence-corrected chi connectivity index (χ1v) is 9.02. The van der Waals surface area contributed by atoms with E-state index in [1.54, 1.807) is 0 Å². The molecule has 1 heterocycles. The van der Waals surface area contributed by atoms with Gasteiger partial charge in [-0.1, -0.05) is 40.0 Å². The van der Waals surface area contributed by atoms with Crippen LogP contribution in [0.15, 0.2) is 10.9 Å². The second kappa shape index (κ2) is 10.9. The average molecular weight is 334 g/mol. The second-order valence-electron chi connectivity index (χ2n) is 6.17. The summed E-state index contributed by atoms with van der Waals surface area (Å²) in [7, 11) is 0. The van der Waals surface area contributed by atoms with Gasteiger partial charge < -0.3 is 9.84 Å². The maximum atomic E-state index is 12.1. The summed E-state index contributed by atoms with van der Waals surface area (Å²) in [6, 6.07) is 3.43. The summed E-state index contributed by atoms with van der Waals surface area (Å²) in [5.41, 5.74) is 0.524. The van der Waals surface area contributed by atoms with E-state index in [4.69, 9.17) is 10.00 Å². The molecule has 0 radical (unpaired) electrons. The van der Waals surface area contributed by atoms with Crippen molar-refractivity contribution in [1.29, 1.82) is 5.26 Å². The van der Waals surface area contributed by atoms with Crippen molar-refractivity contribution in [2.24, 2.45) is 5.92 Å². The van der Waals surface area contributed by atoms with Gasteiger partial charge in [0.2, 0.25) is 5.88 Å². The third-order valence-corrected chi connectivity index (χ3v) is 4.42. The zero-order valence-electron chi connectivity index (χ0n) is 15.2. The molecule has 5 heteroatoms. The first-order chi connectivity index (χ1) is 11.6. The van der Waals surface area contributed by atoms with Crippen LogP contribution in [0.3, 0.4) is 0 Å². The van der Waals surface area contributed by atoms with Gasteiger partial charge in [-0.15, -0.1) is 0 Å². The number of pyridine rings is 1. The Morgan fingerprint density at radius 3 is 2.67 bits per heavy atom. The van der Waals surface area contributed by atoms with Crippen LogP contribution in [-0.2, 0) is 17.7 Å². The van der Waals surface area contributed by atoms with Crippen LogP contribution < -0.4 is 5.56 Å². The summed E-state index contributed by atoms with van der Waals surface area (Å²) in [5, 5.41) is 19.3. The second-order valence-corrected chi connectivity index (χ2v) is 6.17. The number of aromatic nitrogens is 1. The van der Waals surface area contributed by atoms with E-state index in [2.05, 4.69) is 13.8 Å². The van der Waals surface area contributed by atoms with Gasteiger partial charge in [0.15, 0.2) is 0 Å². The molecule has 1 N–H and O–H groups in total. The number of aromatic hydroxyl groups is 1. The van der Waals surface area contributed by atoms with Crippen molar-refractivity contribution >= 4 is 0 Å². The van der Waals surface area contributed by atoms with Crippen molar-refractivity contribution in [3.05, 3.63) is 27.5 Å². The Labute approximate surface area is 144 Å². The standard InChI is InChI=1S/C19H30N2O3/c1-4-7-9-15(5-2)14-24-11-8-10-21-18(22)12-16(6-3)17(13-20)19(21)23/h12,15,23H,4-11,14H2,1-3H3. The molecule has 0 saturated carbocycles. The minimum atomic E-state index is -0.266. The molecule has 0 aliphatic carbocycles. The quantitative estimate of drug-likeness (QED) is 0.627. The van der Waals surface area contributed by atoms with Crippen molar-refractivity contribution in [2.45, 2.75) is 65.8 Å². The Morgan fingerprint density at radius 1 is 1.33 bits per heavy atom. The van der Waals surface area contributed by atoms with Crippen molar-refractivity contribution < 1.29 is 9.84 Å². The van der Waals surface area contributed by atoms with Gasteiger partial charge in [0.05, 0.1) is 0 Å². The molecule has 0 aliphatic rings. The van der Waals surface area contributed by atoms with E-state index in [1.165, 1.54) is 29.9 Å². The molecular weight excluding hydrogens is 304 g/mol. The summed E-state index contributed by atoms with van der Waals surface area (Å²) < 4.78 is 6.98. The van der Waals surface area contributed by atoms with Gasteiger partial charge in [-0.25, -0.2) is 0 Å². The number of unbranched alkanes of at least 4 members (excludes halogenated alkanes) is 1. The van der Waals surface area contributed by atoms with Gasteiger partial charge in [0.25, 0.3) is 5.56 Å². The lowest BCUT2D eigenvalue weighted by Crippen LogP contribution is -2.22. The van der Waals surface area contributed by atoms with Gasteiger partial charge in [-0.3, -0.25) is 9.36 Å². The molecule has 0 saturated heterocycles. The van der Waals surface area contributed by atoms with Crippen LogP contribution in [0.5, 0.6) is 5.88 Å². The van der Waals surface area contributed by atoms with Crippen LogP contribution in [0.1, 0.15) is 64.0 Å². The number of aryl methyl sites for hydroxylation is 1. The molecule has 0 spiro atoms. The predicted octanol–water partition coefficient (Wildman–Crippen LogP) is 3.61. The molecule has 0 bridgehead atoms. The summed E-state index contributed by atoms with van der Waals surface area (Å²) in [4.78, 5) is 12.1. The highest BCUT2D eigenvalue weighted by Crippen LogP contribution is 2.19. The third-order valence-electron chi connectivity index (χ3n) is 4.42. The van der Waals surface area contributed by atoms with Crippen LogP contribution in [-0.4, -0.2) is 22.9 Å². The van der Waals surface area contributed by atoms with E-state index in [-0.39, 0.29) is 17.0 Å². The molecule has 1 atom stereocenters. The minimum Gasteiger partial charge on any atom is -0.493 e. The maximum absolute atomic E-state index is 12.1. The van der Waals surface area contributed by atoms with E-state index >= 15 is 0 Å². The number of nitrogens with zero attached hydrogens (tertiary/aromatic N) is 2. The number of rotatable bonds is 11. The Bertz CT molecular complexity index is 602. The lowest BCUT2D eigenvalue weighted by molar-refractivity contribution is 0.0895. The topological polar surface area (TPSA) is 75.2 Å². The smallest absolute Gasteiger partial charge is 0.253 e. The molecule has 24 heavy (non-hydrogen) atoms. The predicted molar refractivity (Wildman–Crippen MR) is 95.2 cm³/mol.